The van der Waals surface area contributed by atoms with Crippen molar-refractivity contribution < 1.29 is 14.3 Å². The lowest BCUT2D eigenvalue weighted by Crippen LogP contribution is -2.57. The summed E-state index contributed by atoms with van der Waals surface area (Å²) >= 11 is 0. The largest absolute Gasteiger partial charge is 0.394 e. The number of nitrogens with zero attached hydrogens (tertiary/aromatic N) is 2. The lowest BCUT2D eigenvalue weighted by Gasteiger charge is -2.40. The third-order valence-electron chi connectivity index (χ3n) is 3.05. The standard InChI is InChI=1S/C10H23N2O2/c1-11-3-5-12(2,6-4-11)7-9-14-10-8-13/h13H,3-10H2,1-2H3/q+1. The Balaban J connectivity index is 2.15. The molecule has 14 heavy (non-hydrogen) atoms. The molecule has 0 aliphatic carbocycles. The van der Waals surface area contributed by atoms with E-state index in [2.05, 4.69) is 19.0 Å². The Morgan fingerprint density at radius 3 is 2.50 bits per heavy atom. The van der Waals surface area contributed by atoms with Crippen LogP contribution in [-0.2, 0) is 4.74 Å². The van der Waals surface area contributed by atoms with E-state index in [-0.39, 0.29) is 6.61 Å². The highest BCUT2D eigenvalue weighted by atomic mass is 16.5. The summed E-state index contributed by atoms with van der Waals surface area (Å²) in [5, 5.41) is 8.57. The quantitative estimate of drug-likeness (QED) is 0.478. The molecule has 1 aliphatic rings. The maximum atomic E-state index is 8.57. The molecular formula is C10H23N2O2+. The number of quaternary nitrogens is 1. The number of piperazine rings is 1. The maximum absolute atomic E-state index is 8.57. The number of rotatable bonds is 5. The number of hydrogen-bond donors (Lipinski definition) is 1. The topological polar surface area (TPSA) is 32.7 Å². The van der Waals surface area contributed by atoms with Gasteiger partial charge in [0.15, 0.2) is 0 Å². The maximum Gasteiger partial charge on any atom is 0.102 e. The Morgan fingerprint density at radius 1 is 1.29 bits per heavy atom. The molecule has 1 aliphatic heterocycles. The Labute approximate surface area is 86.7 Å². The van der Waals surface area contributed by atoms with Gasteiger partial charge in [-0.05, 0) is 7.05 Å². The fourth-order valence-electron chi connectivity index (χ4n) is 1.72. The Kier molecular flexibility index (Phi) is 4.81. The van der Waals surface area contributed by atoms with Gasteiger partial charge in [-0.15, -0.1) is 0 Å². The summed E-state index contributed by atoms with van der Waals surface area (Å²) < 4.78 is 6.41. The van der Waals surface area contributed by atoms with Crippen molar-refractivity contribution in [3.63, 3.8) is 0 Å². The molecule has 0 aromatic rings. The molecule has 0 bridgehead atoms. The molecule has 4 heteroatoms. The molecule has 1 rings (SSSR count). The van der Waals surface area contributed by atoms with E-state index in [0.717, 1.165) is 17.6 Å². The van der Waals surface area contributed by atoms with E-state index < -0.39 is 0 Å². The van der Waals surface area contributed by atoms with Crippen LogP contribution in [0.3, 0.4) is 0 Å². The summed E-state index contributed by atoms with van der Waals surface area (Å²) in [5.41, 5.74) is 0. The molecule has 0 spiro atoms. The predicted octanol–water partition coefficient (Wildman–Crippen LogP) is -0.613. The van der Waals surface area contributed by atoms with Gasteiger partial charge < -0.3 is 14.3 Å². The Bertz CT molecular complexity index is 156. The van der Waals surface area contributed by atoms with Crippen molar-refractivity contribution in [2.24, 2.45) is 0 Å². The molecule has 4 nitrogen and oxygen atoms in total. The summed E-state index contributed by atoms with van der Waals surface area (Å²) in [5.74, 6) is 0. The van der Waals surface area contributed by atoms with Gasteiger partial charge in [0.05, 0.1) is 40.0 Å². The van der Waals surface area contributed by atoms with Gasteiger partial charge in [0.1, 0.15) is 6.54 Å². The molecule has 84 valence electrons. The Hall–Kier alpha value is -0.160. The van der Waals surface area contributed by atoms with Crippen LogP contribution in [0.4, 0.5) is 0 Å². The van der Waals surface area contributed by atoms with E-state index in [9.17, 15) is 0 Å². The van der Waals surface area contributed by atoms with Gasteiger partial charge in [-0.1, -0.05) is 0 Å². The molecule has 0 atom stereocenters. The smallest absolute Gasteiger partial charge is 0.102 e. The van der Waals surface area contributed by atoms with Gasteiger partial charge >= 0.3 is 0 Å². The monoisotopic (exact) mass is 203 g/mol. The van der Waals surface area contributed by atoms with E-state index >= 15 is 0 Å². The second-order valence-corrected chi connectivity index (χ2v) is 4.43. The number of aliphatic hydroxyl groups excluding tert-OH is 1. The first-order valence-corrected chi connectivity index (χ1v) is 5.37. The van der Waals surface area contributed by atoms with E-state index in [0.29, 0.717) is 6.61 Å². The SMILES string of the molecule is CN1CC[N+](C)(CCOCCO)CC1. The number of hydrogen-bond acceptors (Lipinski definition) is 3. The predicted molar refractivity (Wildman–Crippen MR) is 56.2 cm³/mol. The lowest BCUT2D eigenvalue weighted by atomic mass is 10.3. The zero-order valence-electron chi connectivity index (χ0n) is 9.41. The van der Waals surface area contributed by atoms with Gasteiger partial charge in [-0.2, -0.15) is 0 Å². The lowest BCUT2D eigenvalue weighted by molar-refractivity contribution is -0.913. The molecule has 1 saturated heterocycles. The van der Waals surface area contributed by atoms with Crippen LogP contribution < -0.4 is 0 Å². The summed E-state index contributed by atoms with van der Waals surface area (Å²) in [6, 6.07) is 0. The van der Waals surface area contributed by atoms with Crippen LogP contribution in [0.1, 0.15) is 0 Å². The molecular weight excluding hydrogens is 180 g/mol. The van der Waals surface area contributed by atoms with Crippen LogP contribution in [0.2, 0.25) is 0 Å². The van der Waals surface area contributed by atoms with Crippen LogP contribution in [0, 0.1) is 0 Å². The van der Waals surface area contributed by atoms with Crippen molar-refractivity contribution in [1.82, 2.24) is 4.90 Å². The van der Waals surface area contributed by atoms with E-state index in [1.165, 1.54) is 26.2 Å². The minimum atomic E-state index is 0.131. The number of ether oxygens (including phenoxy) is 1. The van der Waals surface area contributed by atoms with Crippen LogP contribution in [0.15, 0.2) is 0 Å². The summed E-state index contributed by atoms with van der Waals surface area (Å²) in [6.45, 7) is 7.20. The van der Waals surface area contributed by atoms with Gasteiger partial charge in [0, 0.05) is 13.1 Å². The van der Waals surface area contributed by atoms with Crippen molar-refractivity contribution in [1.29, 1.82) is 0 Å². The third-order valence-corrected chi connectivity index (χ3v) is 3.05. The second kappa shape index (κ2) is 5.66. The highest BCUT2D eigenvalue weighted by Gasteiger charge is 2.26. The zero-order chi connectivity index (χ0) is 10.4. The van der Waals surface area contributed by atoms with Crippen LogP contribution in [0.25, 0.3) is 0 Å². The number of likely N-dealkylation sites (N-methyl/N-ethyl adjacent to an activating group) is 2. The van der Waals surface area contributed by atoms with Gasteiger partial charge in [0.2, 0.25) is 0 Å². The first kappa shape index (κ1) is 11.9. The highest BCUT2D eigenvalue weighted by Crippen LogP contribution is 2.07. The molecule has 0 radical (unpaired) electrons. The summed E-state index contributed by atoms with van der Waals surface area (Å²) in [4.78, 5) is 2.37. The average Bonchev–Trinajstić information content (AvgIpc) is 2.18. The van der Waals surface area contributed by atoms with Gasteiger partial charge in [0.25, 0.3) is 0 Å². The van der Waals surface area contributed by atoms with Crippen molar-refractivity contribution in [2.45, 2.75) is 0 Å². The van der Waals surface area contributed by atoms with Gasteiger partial charge in [-0.25, -0.2) is 0 Å². The van der Waals surface area contributed by atoms with E-state index in [1.807, 2.05) is 0 Å². The number of aliphatic hydroxyl groups is 1. The van der Waals surface area contributed by atoms with Crippen molar-refractivity contribution in [3.8, 4) is 0 Å². The molecule has 1 fully saturated rings. The van der Waals surface area contributed by atoms with E-state index in [1.54, 1.807) is 0 Å². The first-order valence-electron chi connectivity index (χ1n) is 5.37. The molecule has 0 aromatic heterocycles. The second-order valence-electron chi connectivity index (χ2n) is 4.43. The molecule has 1 N–H and O–H groups in total. The fraction of sp³-hybridized carbons (Fsp3) is 1.00. The zero-order valence-corrected chi connectivity index (χ0v) is 9.41. The first-order chi connectivity index (χ1) is 6.66. The highest BCUT2D eigenvalue weighted by molar-refractivity contribution is 4.57. The molecule has 0 unspecified atom stereocenters. The normalized spacial score (nSPS) is 22.5. The summed E-state index contributed by atoms with van der Waals surface area (Å²) in [6.07, 6.45) is 0. The van der Waals surface area contributed by atoms with Crippen molar-refractivity contribution in [2.75, 3.05) is 66.6 Å². The third kappa shape index (κ3) is 3.92. The van der Waals surface area contributed by atoms with Crippen molar-refractivity contribution >= 4 is 0 Å². The van der Waals surface area contributed by atoms with Gasteiger partial charge in [-0.3, -0.25) is 4.90 Å². The molecule has 0 saturated carbocycles. The molecule has 0 amide bonds. The van der Waals surface area contributed by atoms with E-state index in [4.69, 9.17) is 9.84 Å². The minimum absolute atomic E-state index is 0.131. The summed E-state index contributed by atoms with van der Waals surface area (Å²) in [7, 11) is 4.46. The molecule has 1 heterocycles. The fourth-order valence-corrected chi connectivity index (χ4v) is 1.72. The minimum Gasteiger partial charge on any atom is -0.394 e. The van der Waals surface area contributed by atoms with Crippen molar-refractivity contribution in [3.05, 3.63) is 0 Å². The molecule has 0 aromatic carbocycles. The average molecular weight is 203 g/mol. The Morgan fingerprint density at radius 2 is 1.93 bits per heavy atom. The van der Waals surface area contributed by atoms with Crippen LogP contribution in [-0.4, -0.2) is 81.1 Å². The van der Waals surface area contributed by atoms with Crippen LogP contribution >= 0.6 is 0 Å². The van der Waals surface area contributed by atoms with Crippen LogP contribution in [0.5, 0.6) is 0 Å².